The van der Waals surface area contributed by atoms with Gasteiger partial charge in [-0.3, -0.25) is 9.69 Å². The Hall–Kier alpha value is -1.06. The van der Waals surface area contributed by atoms with Gasteiger partial charge in [0.2, 0.25) is 5.91 Å². The Kier molecular flexibility index (Phi) is 3.74. The van der Waals surface area contributed by atoms with E-state index >= 15 is 0 Å². The van der Waals surface area contributed by atoms with Crippen LogP contribution in [0.5, 0.6) is 0 Å². The van der Waals surface area contributed by atoms with E-state index in [1.807, 2.05) is 6.92 Å². The highest BCUT2D eigenvalue weighted by molar-refractivity contribution is 8.01. The summed E-state index contributed by atoms with van der Waals surface area (Å²) in [5.74, 6) is 0.0573. The number of β-lactam (4-membered cyclic amide) rings is 1. The molecule has 1 aromatic rings. The molecule has 0 aliphatic carbocycles. The molecular formula is C11H11N3O3S3. The van der Waals surface area contributed by atoms with Crippen molar-refractivity contribution in [3.05, 3.63) is 16.3 Å². The maximum absolute atomic E-state index is 11.6. The van der Waals surface area contributed by atoms with E-state index in [-0.39, 0.29) is 17.0 Å². The summed E-state index contributed by atoms with van der Waals surface area (Å²) in [6.45, 7) is 1.88. The summed E-state index contributed by atoms with van der Waals surface area (Å²) in [5.41, 5.74) is 0.948. The Morgan fingerprint density at radius 1 is 1.55 bits per heavy atom. The first-order valence-corrected chi connectivity index (χ1v) is 8.73. The largest absolute Gasteiger partial charge is 0.477 e. The van der Waals surface area contributed by atoms with Crippen molar-refractivity contribution in [2.45, 2.75) is 23.1 Å². The van der Waals surface area contributed by atoms with E-state index in [9.17, 15) is 14.7 Å². The number of aromatic nitrogens is 2. The van der Waals surface area contributed by atoms with Crippen molar-refractivity contribution in [1.29, 1.82) is 0 Å². The minimum Gasteiger partial charge on any atom is -0.477 e. The summed E-state index contributed by atoms with van der Waals surface area (Å²) in [7, 11) is 0. The maximum atomic E-state index is 11.6. The van der Waals surface area contributed by atoms with Crippen molar-refractivity contribution < 1.29 is 14.7 Å². The third-order valence-corrected chi connectivity index (χ3v) is 6.35. The molecule has 1 aromatic heterocycles. The molecule has 1 atom stereocenters. The predicted octanol–water partition coefficient (Wildman–Crippen LogP) is 1.58. The molecule has 0 aromatic carbocycles. The van der Waals surface area contributed by atoms with Crippen LogP contribution in [-0.4, -0.2) is 49.0 Å². The fourth-order valence-corrected chi connectivity index (χ4v) is 5.29. The molecular weight excluding hydrogens is 318 g/mol. The molecule has 1 amide bonds. The monoisotopic (exact) mass is 329 g/mol. The molecule has 2 aliphatic heterocycles. The third-order valence-electron chi connectivity index (χ3n) is 3.01. The lowest BCUT2D eigenvalue weighted by Crippen LogP contribution is -2.54. The molecule has 1 unspecified atom stereocenters. The zero-order valence-electron chi connectivity index (χ0n) is 10.5. The van der Waals surface area contributed by atoms with Crippen molar-refractivity contribution in [3.63, 3.8) is 0 Å². The summed E-state index contributed by atoms with van der Waals surface area (Å²) < 4.78 is 0.821. The van der Waals surface area contributed by atoms with Gasteiger partial charge in [-0.25, -0.2) is 4.79 Å². The first kappa shape index (κ1) is 13.9. The van der Waals surface area contributed by atoms with Crippen LogP contribution in [0.3, 0.4) is 0 Å². The molecule has 3 heterocycles. The van der Waals surface area contributed by atoms with E-state index in [0.29, 0.717) is 17.9 Å². The summed E-state index contributed by atoms with van der Waals surface area (Å²) in [6, 6.07) is 0. The van der Waals surface area contributed by atoms with Gasteiger partial charge in [-0.05, 0) is 12.5 Å². The maximum Gasteiger partial charge on any atom is 0.352 e. The van der Waals surface area contributed by atoms with Crippen molar-refractivity contribution >= 4 is 46.7 Å². The second-order valence-corrected chi connectivity index (χ2v) is 7.94. The molecule has 106 valence electrons. The number of carboxylic acid groups (broad SMARTS) is 1. The predicted molar refractivity (Wildman–Crippen MR) is 77.7 cm³/mol. The van der Waals surface area contributed by atoms with Crippen LogP contribution in [0.2, 0.25) is 0 Å². The van der Waals surface area contributed by atoms with Gasteiger partial charge < -0.3 is 5.11 Å². The minimum absolute atomic E-state index is 0.00567. The number of carbonyl (C=O) groups is 2. The number of amides is 1. The van der Waals surface area contributed by atoms with E-state index in [1.54, 1.807) is 11.8 Å². The number of fused-ring (bicyclic) bond motifs is 1. The lowest BCUT2D eigenvalue weighted by molar-refractivity contribution is -0.146. The number of rotatable bonds is 4. The molecule has 1 saturated heterocycles. The molecule has 1 fully saturated rings. The van der Waals surface area contributed by atoms with Crippen LogP contribution < -0.4 is 0 Å². The normalized spacial score (nSPS) is 21.8. The van der Waals surface area contributed by atoms with E-state index < -0.39 is 5.97 Å². The number of hydrogen-bond donors (Lipinski definition) is 1. The number of aryl methyl sites for hydroxylation is 1. The smallest absolute Gasteiger partial charge is 0.352 e. The van der Waals surface area contributed by atoms with Crippen LogP contribution in [-0.2, 0) is 9.59 Å². The van der Waals surface area contributed by atoms with E-state index in [4.69, 9.17) is 0 Å². The zero-order chi connectivity index (χ0) is 14.3. The van der Waals surface area contributed by atoms with Crippen molar-refractivity contribution in [2.75, 3.05) is 11.5 Å². The Bertz CT molecular complexity index is 613. The number of carbonyl (C=O) groups excluding carboxylic acids is 1. The van der Waals surface area contributed by atoms with Crippen molar-refractivity contribution in [2.24, 2.45) is 0 Å². The number of hydrogen-bond acceptors (Lipinski definition) is 7. The van der Waals surface area contributed by atoms with Gasteiger partial charge in [0.1, 0.15) is 10.7 Å². The first-order chi connectivity index (χ1) is 9.56. The van der Waals surface area contributed by atoms with Crippen molar-refractivity contribution in [1.82, 2.24) is 15.1 Å². The van der Waals surface area contributed by atoms with Gasteiger partial charge in [0.15, 0.2) is 4.34 Å². The van der Waals surface area contributed by atoms with Crippen LogP contribution in [0.1, 0.15) is 11.4 Å². The molecule has 2 aliphatic rings. The van der Waals surface area contributed by atoms with Crippen molar-refractivity contribution in [3.8, 4) is 0 Å². The molecule has 0 bridgehead atoms. The number of aliphatic carboxylic acids is 1. The number of carboxylic acids is 1. The van der Waals surface area contributed by atoms with Gasteiger partial charge >= 0.3 is 5.97 Å². The lowest BCUT2D eigenvalue weighted by atomic mass is 10.1. The second-order valence-electron chi connectivity index (χ2n) is 4.37. The molecule has 0 saturated carbocycles. The van der Waals surface area contributed by atoms with Crippen LogP contribution in [0.25, 0.3) is 0 Å². The van der Waals surface area contributed by atoms with Gasteiger partial charge in [0.05, 0.1) is 11.8 Å². The van der Waals surface area contributed by atoms with E-state index in [0.717, 1.165) is 14.9 Å². The first-order valence-electron chi connectivity index (χ1n) is 5.88. The quantitative estimate of drug-likeness (QED) is 0.663. The number of nitrogens with zero attached hydrogens (tertiary/aromatic N) is 3. The standard InChI is InChI=1S/C11H11N3O3S3/c1-5-12-13-11(20-5)19-4-6-3-18-8-2-7(15)14(8)9(6)10(16)17/h8H,2-4H2,1H3,(H,16,17). The third kappa shape index (κ3) is 2.45. The summed E-state index contributed by atoms with van der Waals surface area (Å²) in [5, 5.41) is 18.2. The summed E-state index contributed by atoms with van der Waals surface area (Å²) >= 11 is 4.58. The molecule has 6 nitrogen and oxygen atoms in total. The number of thioether (sulfide) groups is 2. The fraction of sp³-hybridized carbons (Fsp3) is 0.455. The Morgan fingerprint density at radius 2 is 2.35 bits per heavy atom. The van der Waals surface area contributed by atoms with Crippen LogP contribution in [0.4, 0.5) is 0 Å². The SMILES string of the molecule is Cc1nnc(SCC2=C(C(=O)O)N3C(=O)CC3SC2)s1. The molecule has 9 heteroatoms. The summed E-state index contributed by atoms with van der Waals surface area (Å²) in [6.07, 6.45) is 0.442. The second kappa shape index (κ2) is 5.38. The van der Waals surface area contributed by atoms with Gasteiger partial charge in [-0.15, -0.1) is 22.0 Å². The van der Waals surface area contributed by atoms with E-state index in [2.05, 4.69) is 10.2 Å². The fourth-order valence-electron chi connectivity index (χ4n) is 2.07. The average Bonchev–Trinajstić information content (AvgIpc) is 2.80. The molecule has 1 N–H and O–H groups in total. The highest BCUT2D eigenvalue weighted by atomic mass is 32.2. The van der Waals surface area contributed by atoms with Gasteiger partial charge in [-0.1, -0.05) is 23.1 Å². The Labute approximate surface area is 127 Å². The molecule has 0 radical (unpaired) electrons. The van der Waals surface area contributed by atoms with Gasteiger partial charge in [-0.2, -0.15) is 0 Å². The Morgan fingerprint density at radius 3 is 2.95 bits per heavy atom. The zero-order valence-corrected chi connectivity index (χ0v) is 13.0. The van der Waals surface area contributed by atoms with E-state index in [1.165, 1.54) is 28.0 Å². The summed E-state index contributed by atoms with van der Waals surface area (Å²) in [4.78, 5) is 24.4. The highest BCUT2D eigenvalue weighted by Crippen LogP contribution is 2.41. The van der Waals surface area contributed by atoms with Gasteiger partial charge in [0.25, 0.3) is 0 Å². The molecule has 0 spiro atoms. The molecule has 20 heavy (non-hydrogen) atoms. The van der Waals surface area contributed by atoms with Crippen LogP contribution >= 0.6 is 34.9 Å². The molecule has 3 rings (SSSR count). The highest BCUT2D eigenvalue weighted by Gasteiger charge is 2.45. The minimum atomic E-state index is -1.02. The lowest BCUT2D eigenvalue weighted by Gasteiger charge is -2.43. The van der Waals surface area contributed by atoms with Gasteiger partial charge in [0, 0.05) is 11.5 Å². The van der Waals surface area contributed by atoms with Crippen LogP contribution in [0, 0.1) is 6.92 Å². The van der Waals surface area contributed by atoms with Crippen LogP contribution in [0.15, 0.2) is 15.6 Å². The Balaban J connectivity index is 1.79. The topological polar surface area (TPSA) is 83.4 Å². The average molecular weight is 329 g/mol.